The highest BCUT2D eigenvalue weighted by Crippen LogP contribution is 2.32. The van der Waals surface area contributed by atoms with E-state index in [4.69, 9.17) is 0 Å². The average Bonchev–Trinajstić information content (AvgIpc) is 2.57. The lowest BCUT2D eigenvalue weighted by Gasteiger charge is -2.23. The number of carbonyl (C=O) groups excluding carboxylic acids is 2. The smallest absolute Gasteiger partial charge is 0.211 e. The number of ketones is 2. The normalized spacial score (nSPS) is 13.2. The summed E-state index contributed by atoms with van der Waals surface area (Å²) in [5.74, 6) is 4.78. The molecule has 1 aliphatic rings. The molecule has 0 bridgehead atoms. The third-order valence-electron chi connectivity index (χ3n) is 3.75. The van der Waals surface area contributed by atoms with Crippen molar-refractivity contribution in [2.75, 3.05) is 14.1 Å². The molecule has 118 valence electrons. The highest BCUT2D eigenvalue weighted by atomic mass is 16.3. The zero-order chi connectivity index (χ0) is 17.3. The van der Waals surface area contributed by atoms with Gasteiger partial charge in [-0.25, -0.2) is 0 Å². The van der Waals surface area contributed by atoms with Crippen molar-refractivity contribution in [2.45, 2.75) is 0 Å². The van der Waals surface area contributed by atoms with Gasteiger partial charge in [0.2, 0.25) is 11.6 Å². The molecule has 1 N–H and O–H groups in total. The molecule has 1 aliphatic carbocycles. The molecule has 4 heteroatoms. The molecule has 2 aromatic rings. The molecule has 4 nitrogen and oxygen atoms in total. The van der Waals surface area contributed by atoms with E-state index in [9.17, 15) is 14.7 Å². The van der Waals surface area contributed by atoms with E-state index in [-0.39, 0.29) is 33.9 Å². The monoisotopic (exact) mass is 317 g/mol. The predicted octanol–water partition coefficient (Wildman–Crippen LogP) is 2.64. The van der Waals surface area contributed by atoms with E-state index in [1.807, 2.05) is 30.3 Å². The Hall–Kier alpha value is -3.32. The third kappa shape index (κ3) is 2.57. The lowest BCUT2D eigenvalue weighted by atomic mass is 9.86. The van der Waals surface area contributed by atoms with Crippen LogP contribution in [-0.4, -0.2) is 35.7 Å². The van der Waals surface area contributed by atoms with Crippen LogP contribution in [0.25, 0.3) is 0 Å². The standard InChI is InChI=1S/C20H15NO3/c1-21(2)18-15(12-11-13-7-4-3-5-8-13)19(23)17-14(20(18)24)9-6-10-16(17)22/h3-10,22H,1-2H3. The van der Waals surface area contributed by atoms with Gasteiger partial charge in [-0.3, -0.25) is 9.59 Å². The van der Waals surface area contributed by atoms with Gasteiger partial charge in [0.1, 0.15) is 17.0 Å². The van der Waals surface area contributed by atoms with Crippen molar-refractivity contribution < 1.29 is 14.7 Å². The van der Waals surface area contributed by atoms with Gasteiger partial charge >= 0.3 is 0 Å². The summed E-state index contributed by atoms with van der Waals surface area (Å²) in [6.45, 7) is 0. The van der Waals surface area contributed by atoms with Crippen LogP contribution in [0.1, 0.15) is 26.3 Å². The molecule has 0 aromatic heterocycles. The first kappa shape index (κ1) is 15.6. The molecule has 3 rings (SSSR count). The van der Waals surface area contributed by atoms with Crippen LogP contribution >= 0.6 is 0 Å². The summed E-state index contributed by atoms with van der Waals surface area (Å²) >= 11 is 0. The summed E-state index contributed by atoms with van der Waals surface area (Å²) in [5.41, 5.74) is 1.30. The first-order valence-corrected chi connectivity index (χ1v) is 7.40. The van der Waals surface area contributed by atoms with Crippen LogP contribution in [0.4, 0.5) is 0 Å². The minimum atomic E-state index is -0.435. The van der Waals surface area contributed by atoms with Gasteiger partial charge in [0.25, 0.3) is 0 Å². The summed E-state index contributed by atoms with van der Waals surface area (Å²) in [4.78, 5) is 27.2. The summed E-state index contributed by atoms with van der Waals surface area (Å²) < 4.78 is 0. The second-order valence-electron chi connectivity index (χ2n) is 5.59. The van der Waals surface area contributed by atoms with E-state index in [0.29, 0.717) is 0 Å². The number of phenolic OH excluding ortho intramolecular Hbond substituents is 1. The van der Waals surface area contributed by atoms with Crippen LogP contribution in [0.2, 0.25) is 0 Å². The van der Waals surface area contributed by atoms with E-state index in [1.165, 1.54) is 6.07 Å². The molecule has 0 aliphatic heterocycles. The van der Waals surface area contributed by atoms with Gasteiger partial charge in [-0.2, -0.15) is 0 Å². The van der Waals surface area contributed by atoms with Gasteiger partial charge in [0.15, 0.2) is 0 Å². The fraction of sp³-hybridized carbons (Fsp3) is 0.100. The lowest BCUT2D eigenvalue weighted by Crippen LogP contribution is -2.29. The van der Waals surface area contributed by atoms with Crippen molar-refractivity contribution in [1.29, 1.82) is 0 Å². The number of rotatable bonds is 1. The Bertz CT molecular complexity index is 928. The minimum Gasteiger partial charge on any atom is -0.507 e. The van der Waals surface area contributed by atoms with Crippen LogP contribution in [0.15, 0.2) is 59.8 Å². The number of phenols is 1. The minimum absolute atomic E-state index is 0.0189. The third-order valence-corrected chi connectivity index (χ3v) is 3.75. The first-order valence-electron chi connectivity index (χ1n) is 7.40. The summed E-state index contributed by atoms with van der Waals surface area (Å²) in [6.07, 6.45) is 0. The molecule has 24 heavy (non-hydrogen) atoms. The van der Waals surface area contributed by atoms with Crippen molar-refractivity contribution in [3.05, 3.63) is 76.5 Å². The molecule has 0 heterocycles. The largest absolute Gasteiger partial charge is 0.507 e. The molecule has 0 radical (unpaired) electrons. The Morgan fingerprint density at radius 1 is 0.875 bits per heavy atom. The van der Waals surface area contributed by atoms with Crippen LogP contribution in [0.3, 0.4) is 0 Å². The number of allylic oxidation sites excluding steroid dienone is 2. The van der Waals surface area contributed by atoms with Crippen LogP contribution in [0, 0.1) is 11.8 Å². The molecule has 2 aromatic carbocycles. The lowest BCUT2D eigenvalue weighted by molar-refractivity contribution is 0.0954. The highest BCUT2D eigenvalue weighted by molar-refractivity contribution is 6.29. The van der Waals surface area contributed by atoms with Crippen molar-refractivity contribution in [3.63, 3.8) is 0 Å². The second-order valence-corrected chi connectivity index (χ2v) is 5.59. The maximum absolute atomic E-state index is 12.8. The molecule has 0 saturated heterocycles. The van der Waals surface area contributed by atoms with Crippen LogP contribution in [0.5, 0.6) is 5.75 Å². The number of nitrogens with zero attached hydrogens (tertiary/aromatic N) is 1. The van der Waals surface area contributed by atoms with Crippen LogP contribution in [-0.2, 0) is 0 Å². The number of aromatic hydroxyl groups is 1. The van der Waals surface area contributed by atoms with E-state index < -0.39 is 5.78 Å². The number of benzene rings is 2. The topological polar surface area (TPSA) is 57.6 Å². The average molecular weight is 317 g/mol. The highest BCUT2D eigenvalue weighted by Gasteiger charge is 2.34. The summed E-state index contributed by atoms with van der Waals surface area (Å²) in [7, 11) is 3.39. The molecule has 0 spiro atoms. The Labute approximate surface area is 140 Å². The Morgan fingerprint density at radius 2 is 1.58 bits per heavy atom. The maximum Gasteiger partial charge on any atom is 0.211 e. The quantitative estimate of drug-likeness (QED) is 0.822. The van der Waals surface area contributed by atoms with Crippen LogP contribution < -0.4 is 0 Å². The van der Waals surface area contributed by atoms with E-state index in [0.717, 1.165) is 5.56 Å². The zero-order valence-electron chi connectivity index (χ0n) is 13.3. The molecule has 0 saturated carbocycles. The maximum atomic E-state index is 12.8. The number of hydrogen-bond acceptors (Lipinski definition) is 4. The molecule has 0 amide bonds. The number of fused-ring (bicyclic) bond motifs is 1. The van der Waals surface area contributed by atoms with Gasteiger partial charge in [0, 0.05) is 25.2 Å². The predicted molar refractivity (Wildman–Crippen MR) is 90.8 cm³/mol. The summed E-state index contributed by atoms with van der Waals surface area (Å²) in [6, 6.07) is 13.7. The van der Waals surface area contributed by atoms with Crippen molar-refractivity contribution in [2.24, 2.45) is 0 Å². The van der Waals surface area contributed by atoms with Crippen molar-refractivity contribution in [3.8, 4) is 17.6 Å². The number of likely N-dealkylation sites (N-methyl/N-ethyl adjacent to an activating group) is 1. The molecule has 0 atom stereocenters. The molecule has 0 unspecified atom stereocenters. The fourth-order valence-electron chi connectivity index (χ4n) is 2.64. The number of hydrogen-bond donors (Lipinski definition) is 1. The van der Waals surface area contributed by atoms with Gasteiger partial charge in [-0.05, 0) is 24.3 Å². The zero-order valence-corrected chi connectivity index (χ0v) is 13.3. The van der Waals surface area contributed by atoms with Gasteiger partial charge in [-0.1, -0.05) is 36.1 Å². The van der Waals surface area contributed by atoms with Gasteiger partial charge in [-0.15, -0.1) is 0 Å². The van der Waals surface area contributed by atoms with E-state index >= 15 is 0 Å². The van der Waals surface area contributed by atoms with Crippen molar-refractivity contribution >= 4 is 11.6 Å². The number of carbonyl (C=O) groups is 2. The molecule has 0 fully saturated rings. The van der Waals surface area contributed by atoms with Gasteiger partial charge < -0.3 is 10.0 Å². The SMILES string of the molecule is CN(C)C1=C(C#Cc2ccccc2)C(=O)c2c(O)cccc2C1=O. The van der Waals surface area contributed by atoms with Crippen molar-refractivity contribution in [1.82, 2.24) is 4.90 Å². The fourth-order valence-corrected chi connectivity index (χ4v) is 2.64. The molecular formula is C20H15NO3. The van der Waals surface area contributed by atoms with E-state index in [1.54, 1.807) is 31.1 Å². The summed E-state index contributed by atoms with van der Waals surface area (Å²) in [5, 5.41) is 10.0. The molecular weight excluding hydrogens is 302 g/mol. The first-order chi connectivity index (χ1) is 11.5. The second kappa shape index (κ2) is 6.05. The number of Topliss-reactive ketones (excluding diaryl/α,β-unsaturated/α-hetero) is 2. The van der Waals surface area contributed by atoms with E-state index in [2.05, 4.69) is 11.8 Å². The Morgan fingerprint density at radius 3 is 2.25 bits per heavy atom. The Kier molecular flexibility index (Phi) is 3.93. The van der Waals surface area contributed by atoms with Gasteiger partial charge in [0.05, 0.1) is 5.56 Å². The Balaban J connectivity index is 2.20.